The molecule has 96 valence electrons. The SMILES string of the molecule is Cc1csc(C(=O)NC(C#N)c2ccccc2)c1Cl. The third kappa shape index (κ3) is 2.95. The van der Waals surface area contributed by atoms with Crippen LogP contribution in [0.15, 0.2) is 35.7 Å². The number of rotatable bonds is 3. The summed E-state index contributed by atoms with van der Waals surface area (Å²) < 4.78 is 0. The number of halogens is 1. The van der Waals surface area contributed by atoms with Crippen molar-refractivity contribution in [2.75, 3.05) is 0 Å². The van der Waals surface area contributed by atoms with Crippen LogP contribution in [0, 0.1) is 18.3 Å². The van der Waals surface area contributed by atoms with Crippen molar-refractivity contribution in [3.63, 3.8) is 0 Å². The number of thiophene rings is 1. The fourth-order valence-corrected chi connectivity index (χ4v) is 2.80. The number of benzene rings is 1. The largest absolute Gasteiger partial charge is 0.332 e. The second-order valence-electron chi connectivity index (χ2n) is 4.01. The zero-order valence-electron chi connectivity index (χ0n) is 10.2. The highest BCUT2D eigenvalue weighted by atomic mass is 35.5. The van der Waals surface area contributed by atoms with Crippen molar-refractivity contribution < 1.29 is 4.79 Å². The summed E-state index contributed by atoms with van der Waals surface area (Å²) in [6.45, 7) is 1.84. The number of nitrogens with one attached hydrogen (secondary N) is 1. The van der Waals surface area contributed by atoms with Crippen molar-refractivity contribution in [1.82, 2.24) is 5.32 Å². The van der Waals surface area contributed by atoms with Crippen LogP contribution in [0.2, 0.25) is 5.02 Å². The lowest BCUT2D eigenvalue weighted by Gasteiger charge is -2.11. The fourth-order valence-electron chi connectivity index (χ4n) is 1.62. The van der Waals surface area contributed by atoms with Crippen LogP contribution in [0.1, 0.15) is 26.8 Å². The molecule has 1 N–H and O–H groups in total. The van der Waals surface area contributed by atoms with Gasteiger partial charge in [0, 0.05) is 0 Å². The van der Waals surface area contributed by atoms with Crippen LogP contribution in [0.25, 0.3) is 0 Å². The summed E-state index contributed by atoms with van der Waals surface area (Å²) in [6.07, 6.45) is 0. The first-order chi connectivity index (χ1) is 9.13. The number of hydrogen-bond acceptors (Lipinski definition) is 3. The Kier molecular flexibility index (Phi) is 4.20. The van der Waals surface area contributed by atoms with Gasteiger partial charge >= 0.3 is 0 Å². The molecule has 0 radical (unpaired) electrons. The van der Waals surface area contributed by atoms with Gasteiger partial charge in [-0.25, -0.2) is 0 Å². The van der Waals surface area contributed by atoms with E-state index in [9.17, 15) is 4.79 Å². The molecule has 0 spiro atoms. The van der Waals surface area contributed by atoms with Gasteiger partial charge in [0.25, 0.3) is 5.91 Å². The molecule has 0 bridgehead atoms. The van der Waals surface area contributed by atoms with E-state index in [1.54, 1.807) is 12.1 Å². The summed E-state index contributed by atoms with van der Waals surface area (Å²) in [7, 11) is 0. The molecule has 0 saturated carbocycles. The minimum Gasteiger partial charge on any atom is -0.332 e. The quantitative estimate of drug-likeness (QED) is 0.937. The molecule has 1 heterocycles. The number of nitrogens with zero attached hydrogens (tertiary/aromatic N) is 1. The molecule has 1 aromatic heterocycles. The van der Waals surface area contributed by atoms with E-state index in [2.05, 4.69) is 11.4 Å². The smallest absolute Gasteiger partial charge is 0.264 e. The molecule has 1 unspecified atom stereocenters. The Morgan fingerprint density at radius 3 is 2.63 bits per heavy atom. The number of carbonyl (C=O) groups is 1. The third-order valence-corrected chi connectivity index (χ3v) is 4.34. The van der Waals surface area contributed by atoms with Gasteiger partial charge in [-0.2, -0.15) is 5.26 Å². The number of aryl methyl sites for hydroxylation is 1. The monoisotopic (exact) mass is 290 g/mol. The van der Waals surface area contributed by atoms with E-state index < -0.39 is 6.04 Å². The van der Waals surface area contributed by atoms with Crippen molar-refractivity contribution in [3.8, 4) is 6.07 Å². The van der Waals surface area contributed by atoms with Crippen molar-refractivity contribution >= 4 is 28.8 Å². The van der Waals surface area contributed by atoms with E-state index in [4.69, 9.17) is 16.9 Å². The molecule has 0 aliphatic rings. The van der Waals surface area contributed by atoms with E-state index in [0.29, 0.717) is 9.90 Å². The second kappa shape index (κ2) is 5.87. The van der Waals surface area contributed by atoms with Gasteiger partial charge in [0.15, 0.2) is 0 Å². The lowest BCUT2D eigenvalue weighted by molar-refractivity contribution is 0.0949. The molecule has 1 amide bonds. The topological polar surface area (TPSA) is 52.9 Å². The van der Waals surface area contributed by atoms with Crippen LogP contribution < -0.4 is 5.32 Å². The van der Waals surface area contributed by atoms with Gasteiger partial charge < -0.3 is 5.32 Å². The Morgan fingerprint density at radius 1 is 1.42 bits per heavy atom. The molecule has 0 aliphatic carbocycles. The molecule has 1 aromatic carbocycles. The summed E-state index contributed by atoms with van der Waals surface area (Å²) in [5.74, 6) is -0.321. The number of amides is 1. The summed E-state index contributed by atoms with van der Waals surface area (Å²) >= 11 is 7.32. The normalized spacial score (nSPS) is 11.6. The van der Waals surface area contributed by atoms with Gasteiger partial charge in [-0.15, -0.1) is 11.3 Å². The van der Waals surface area contributed by atoms with Crippen molar-refractivity contribution in [3.05, 3.63) is 56.7 Å². The molecule has 19 heavy (non-hydrogen) atoms. The molecule has 0 fully saturated rings. The standard InChI is InChI=1S/C14H11ClN2OS/c1-9-8-19-13(12(9)15)14(18)17-11(7-16)10-5-3-2-4-6-10/h2-6,8,11H,1H3,(H,17,18). The van der Waals surface area contributed by atoms with Crippen LogP contribution in [0.5, 0.6) is 0 Å². The maximum atomic E-state index is 12.1. The van der Waals surface area contributed by atoms with Crippen LogP contribution in [-0.4, -0.2) is 5.91 Å². The van der Waals surface area contributed by atoms with Gasteiger partial charge in [0.05, 0.1) is 11.1 Å². The van der Waals surface area contributed by atoms with E-state index in [1.807, 2.05) is 30.5 Å². The van der Waals surface area contributed by atoms with Gasteiger partial charge in [0.2, 0.25) is 0 Å². The first kappa shape index (κ1) is 13.6. The second-order valence-corrected chi connectivity index (χ2v) is 5.27. The van der Waals surface area contributed by atoms with Gasteiger partial charge in [-0.05, 0) is 23.4 Å². The average Bonchev–Trinajstić information content (AvgIpc) is 2.77. The number of hydrogen-bond donors (Lipinski definition) is 1. The summed E-state index contributed by atoms with van der Waals surface area (Å²) in [6, 6.07) is 10.5. The highest BCUT2D eigenvalue weighted by molar-refractivity contribution is 7.13. The van der Waals surface area contributed by atoms with E-state index in [1.165, 1.54) is 11.3 Å². The third-order valence-electron chi connectivity index (χ3n) is 2.64. The number of carbonyl (C=O) groups excluding carboxylic acids is 1. The molecule has 0 saturated heterocycles. The van der Waals surface area contributed by atoms with Crippen LogP contribution in [0.3, 0.4) is 0 Å². The first-order valence-corrected chi connectivity index (χ1v) is 6.88. The number of nitriles is 1. The highest BCUT2D eigenvalue weighted by Crippen LogP contribution is 2.27. The summed E-state index contributed by atoms with van der Waals surface area (Å²) in [5.41, 5.74) is 1.62. The Balaban J connectivity index is 2.18. The van der Waals surface area contributed by atoms with Gasteiger partial charge in [-0.1, -0.05) is 41.9 Å². The molecular formula is C14H11ClN2OS. The lowest BCUT2D eigenvalue weighted by atomic mass is 10.1. The van der Waals surface area contributed by atoms with Crippen LogP contribution >= 0.6 is 22.9 Å². The fraction of sp³-hybridized carbons (Fsp3) is 0.143. The molecular weight excluding hydrogens is 280 g/mol. The summed E-state index contributed by atoms with van der Waals surface area (Å²) in [5, 5.41) is 14.1. The van der Waals surface area contributed by atoms with Crippen molar-refractivity contribution in [2.45, 2.75) is 13.0 Å². The minimum absolute atomic E-state index is 0.321. The van der Waals surface area contributed by atoms with Gasteiger partial charge in [0.1, 0.15) is 10.9 Å². The van der Waals surface area contributed by atoms with Crippen molar-refractivity contribution in [2.24, 2.45) is 0 Å². The van der Waals surface area contributed by atoms with E-state index in [-0.39, 0.29) is 5.91 Å². The molecule has 1 atom stereocenters. The predicted molar refractivity (Wildman–Crippen MR) is 76.3 cm³/mol. The van der Waals surface area contributed by atoms with E-state index in [0.717, 1.165) is 11.1 Å². The Bertz CT molecular complexity index is 631. The molecule has 5 heteroatoms. The maximum Gasteiger partial charge on any atom is 0.264 e. The van der Waals surface area contributed by atoms with Crippen molar-refractivity contribution in [1.29, 1.82) is 5.26 Å². The highest BCUT2D eigenvalue weighted by Gasteiger charge is 2.19. The molecule has 2 aromatic rings. The molecule has 0 aliphatic heterocycles. The molecule has 2 rings (SSSR count). The predicted octanol–water partition coefficient (Wildman–Crippen LogP) is 3.70. The Hall–Kier alpha value is -1.83. The summed E-state index contributed by atoms with van der Waals surface area (Å²) in [4.78, 5) is 12.5. The zero-order valence-corrected chi connectivity index (χ0v) is 11.8. The van der Waals surface area contributed by atoms with Crippen LogP contribution in [0.4, 0.5) is 0 Å². The average molecular weight is 291 g/mol. The Morgan fingerprint density at radius 2 is 2.11 bits per heavy atom. The Labute approximate surface area is 120 Å². The minimum atomic E-state index is -0.674. The van der Waals surface area contributed by atoms with Crippen LogP contribution in [-0.2, 0) is 0 Å². The van der Waals surface area contributed by atoms with E-state index >= 15 is 0 Å². The molecule has 3 nitrogen and oxygen atoms in total. The van der Waals surface area contributed by atoms with Gasteiger partial charge in [-0.3, -0.25) is 4.79 Å². The zero-order chi connectivity index (χ0) is 13.8. The maximum absolute atomic E-state index is 12.1. The lowest BCUT2D eigenvalue weighted by Crippen LogP contribution is -2.27. The first-order valence-electron chi connectivity index (χ1n) is 5.62.